The summed E-state index contributed by atoms with van der Waals surface area (Å²) >= 11 is 0. The van der Waals surface area contributed by atoms with Gasteiger partial charge in [0.15, 0.2) is 6.61 Å². The fourth-order valence-electron chi connectivity index (χ4n) is 5.55. The zero-order valence-corrected chi connectivity index (χ0v) is 18.9. The number of esters is 1. The zero-order valence-electron chi connectivity index (χ0n) is 18.9. The van der Waals surface area contributed by atoms with Crippen LogP contribution in [0.15, 0.2) is 18.2 Å². The molecular formula is C25H36O7. The Kier molecular flexibility index (Phi) is 8.93. The van der Waals surface area contributed by atoms with Crippen molar-refractivity contribution >= 4 is 11.9 Å². The lowest BCUT2D eigenvalue weighted by Crippen LogP contribution is -2.30. The molecule has 0 heterocycles. The number of aliphatic carboxylic acids is 1. The van der Waals surface area contributed by atoms with Gasteiger partial charge in [0, 0.05) is 0 Å². The molecule has 5 atom stereocenters. The lowest BCUT2D eigenvalue weighted by atomic mass is 9.73. The Morgan fingerprint density at radius 2 is 2.00 bits per heavy atom. The summed E-state index contributed by atoms with van der Waals surface area (Å²) in [5.41, 5.74) is 2.19. The molecule has 0 radical (unpaired) electrons. The second-order valence-corrected chi connectivity index (χ2v) is 9.22. The molecule has 1 saturated carbocycles. The molecule has 1 fully saturated rings. The SMILES string of the molecule is CCCCCC(O)CCC1C(OC(=O)CO)CC2Cc3c(cccc3OCC(=O)O)CC21. The maximum Gasteiger partial charge on any atom is 0.341 e. The highest BCUT2D eigenvalue weighted by Gasteiger charge is 2.47. The Morgan fingerprint density at radius 1 is 1.19 bits per heavy atom. The van der Waals surface area contributed by atoms with E-state index >= 15 is 0 Å². The average molecular weight is 449 g/mol. The zero-order chi connectivity index (χ0) is 23.1. The molecule has 0 bridgehead atoms. The molecule has 32 heavy (non-hydrogen) atoms. The summed E-state index contributed by atoms with van der Waals surface area (Å²) in [4.78, 5) is 22.8. The molecule has 5 unspecified atom stereocenters. The summed E-state index contributed by atoms with van der Waals surface area (Å²) in [6.07, 6.45) is 7.16. The van der Waals surface area contributed by atoms with E-state index in [4.69, 9.17) is 14.6 Å². The van der Waals surface area contributed by atoms with Crippen molar-refractivity contribution in [2.24, 2.45) is 17.8 Å². The van der Waals surface area contributed by atoms with Gasteiger partial charge in [0.25, 0.3) is 0 Å². The number of carboxylic acid groups (broad SMARTS) is 1. The third-order valence-corrected chi connectivity index (χ3v) is 7.06. The molecular weight excluding hydrogens is 412 g/mol. The van der Waals surface area contributed by atoms with Crippen molar-refractivity contribution in [3.63, 3.8) is 0 Å². The van der Waals surface area contributed by atoms with Crippen molar-refractivity contribution < 1.29 is 34.4 Å². The van der Waals surface area contributed by atoms with Crippen LogP contribution in [0, 0.1) is 17.8 Å². The smallest absolute Gasteiger partial charge is 0.341 e. The number of benzene rings is 1. The maximum absolute atomic E-state index is 11.9. The number of aliphatic hydroxyl groups is 2. The predicted molar refractivity (Wildman–Crippen MR) is 118 cm³/mol. The molecule has 2 aliphatic carbocycles. The fourth-order valence-corrected chi connectivity index (χ4v) is 5.55. The fraction of sp³-hybridized carbons (Fsp3) is 0.680. The molecule has 0 amide bonds. The molecule has 7 nitrogen and oxygen atoms in total. The van der Waals surface area contributed by atoms with Crippen LogP contribution in [0.5, 0.6) is 5.75 Å². The Labute approximate surface area is 189 Å². The van der Waals surface area contributed by atoms with Crippen molar-refractivity contribution in [3.05, 3.63) is 29.3 Å². The van der Waals surface area contributed by atoms with E-state index in [0.29, 0.717) is 24.5 Å². The number of fused-ring (bicyclic) bond motifs is 2. The van der Waals surface area contributed by atoms with Crippen LogP contribution in [-0.2, 0) is 27.2 Å². The van der Waals surface area contributed by atoms with Gasteiger partial charge >= 0.3 is 11.9 Å². The first-order valence-electron chi connectivity index (χ1n) is 11.9. The van der Waals surface area contributed by atoms with Crippen molar-refractivity contribution in [1.29, 1.82) is 0 Å². The van der Waals surface area contributed by atoms with Crippen molar-refractivity contribution in [2.45, 2.75) is 76.9 Å². The minimum atomic E-state index is -1.01. The van der Waals surface area contributed by atoms with E-state index < -0.39 is 18.5 Å². The highest BCUT2D eigenvalue weighted by Crippen LogP contribution is 2.49. The number of carbonyl (C=O) groups excluding carboxylic acids is 1. The van der Waals surface area contributed by atoms with E-state index in [2.05, 4.69) is 13.0 Å². The average Bonchev–Trinajstić information content (AvgIpc) is 3.10. The number of hydrogen-bond acceptors (Lipinski definition) is 6. The van der Waals surface area contributed by atoms with Crippen LogP contribution < -0.4 is 4.74 Å². The van der Waals surface area contributed by atoms with Crippen LogP contribution in [0.25, 0.3) is 0 Å². The van der Waals surface area contributed by atoms with Crippen LogP contribution in [0.2, 0.25) is 0 Å². The number of aliphatic hydroxyl groups excluding tert-OH is 2. The third kappa shape index (κ3) is 6.23. The molecule has 3 N–H and O–H groups in total. The van der Waals surface area contributed by atoms with Gasteiger partial charge in [0.05, 0.1) is 6.10 Å². The first kappa shape index (κ1) is 24.5. The van der Waals surface area contributed by atoms with Crippen LogP contribution in [0.1, 0.15) is 63.0 Å². The summed E-state index contributed by atoms with van der Waals surface area (Å²) in [6.45, 7) is 1.13. The van der Waals surface area contributed by atoms with Gasteiger partial charge in [-0.15, -0.1) is 0 Å². The van der Waals surface area contributed by atoms with Gasteiger partial charge in [-0.2, -0.15) is 0 Å². The van der Waals surface area contributed by atoms with Gasteiger partial charge in [-0.25, -0.2) is 9.59 Å². The molecule has 1 aromatic carbocycles. The molecule has 7 heteroatoms. The third-order valence-electron chi connectivity index (χ3n) is 7.06. The van der Waals surface area contributed by atoms with Gasteiger partial charge < -0.3 is 24.8 Å². The number of ether oxygens (including phenoxy) is 2. The highest BCUT2D eigenvalue weighted by molar-refractivity contribution is 5.70. The summed E-state index contributed by atoms with van der Waals surface area (Å²) in [7, 11) is 0. The summed E-state index contributed by atoms with van der Waals surface area (Å²) in [5.74, 6) is -0.265. The molecule has 3 rings (SSSR count). The van der Waals surface area contributed by atoms with E-state index in [1.807, 2.05) is 12.1 Å². The number of rotatable bonds is 12. The van der Waals surface area contributed by atoms with Crippen LogP contribution in [0.4, 0.5) is 0 Å². The Balaban J connectivity index is 1.72. The molecule has 0 spiro atoms. The van der Waals surface area contributed by atoms with Crippen LogP contribution in [0.3, 0.4) is 0 Å². The largest absolute Gasteiger partial charge is 0.482 e. The molecule has 0 aromatic heterocycles. The Bertz CT molecular complexity index is 778. The van der Waals surface area contributed by atoms with Gasteiger partial charge in [0.2, 0.25) is 0 Å². The topological polar surface area (TPSA) is 113 Å². The van der Waals surface area contributed by atoms with Gasteiger partial charge in [-0.3, -0.25) is 0 Å². The Morgan fingerprint density at radius 3 is 2.72 bits per heavy atom. The van der Waals surface area contributed by atoms with E-state index in [1.165, 1.54) is 0 Å². The first-order chi connectivity index (χ1) is 15.4. The highest BCUT2D eigenvalue weighted by atomic mass is 16.6. The van der Waals surface area contributed by atoms with Crippen LogP contribution >= 0.6 is 0 Å². The lowest BCUT2D eigenvalue weighted by Gasteiger charge is -2.32. The van der Waals surface area contributed by atoms with Crippen molar-refractivity contribution in [2.75, 3.05) is 13.2 Å². The van der Waals surface area contributed by atoms with Crippen molar-refractivity contribution in [1.82, 2.24) is 0 Å². The van der Waals surface area contributed by atoms with Gasteiger partial charge in [-0.05, 0) is 73.5 Å². The number of carbonyl (C=O) groups is 2. The molecule has 0 saturated heterocycles. The standard InChI is InChI=1S/C25H36O7/c1-2-3-4-7-18(27)9-10-19-20-11-16-6-5-8-22(31-15-24(28)29)21(16)12-17(20)13-23(19)32-25(30)14-26/h5-6,8,17-20,23,26-27H,2-4,7,9-15H2,1H3,(H,28,29). The second kappa shape index (κ2) is 11.7. The van der Waals surface area contributed by atoms with Crippen molar-refractivity contribution in [3.8, 4) is 5.75 Å². The van der Waals surface area contributed by atoms with E-state index in [9.17, 15) is 19.8 Å². The summed E-state index contributed by atoms with van der Waals surface area (Å²) < 4.78 is 11.1. The van der Waals surface area contributed by atoms with E-state index in [1.54, 1.807) is 0 Å². The van der Waals surface area contributed by atoms with Gasteiger partial charge in [0.1, 0.15) is 18.5 Å². The summed E-state index contributed by atoms with van der Waals surface area (Å²) in [6, 6.07) is 5.76. The minimum absolute atomic E-state index is 0.132. The molecule has 2 aliphatic rings. The van der Waals surface area contributed by atoms with Gasteiger partial charge in [-0.1, -0.05) is 38.3 Å². The van der Waals surface area contributed by atoms with Crippen LogP contribution in [-0.4, -0.2) is 52.7 Å². The van der Waals surface area contributed by atoms with E-state index in [0.717, 1.165) is 56.1 Å². The minimum Gasteiger partial charge on any atom is -0.482 e. The number of carboxylic acids is 1. The normalized spacial score (nSPS) is 25.0. The quantitative estimate of drug-likeness (QED) is 0.333. The predicted octanol–water partition coefficient (Wildman–Crippen LogP) is 3.13. The maximum atomic E-state index is 11.9. The second-order valence-electron chi connectivity index (χ2n) is 9.22. The molecule has 178 valence electrons. The monoisotopic (exact) mass is 448 g/mol. The first-order valence-corrected chi connectivity index (χ1v) is 11.9. The number of hydrogen-bond donors (Lipinski definition) is 3. The van der Waals surface area contributed by atoms with E-state index in [-0.39, 0.29) is 30.7 Å². The molecule has 0 aliphatic heterocycles. The summed E-state index contributed by atoms with van der Waals surface area (Å²) in [5, 5.41) is 28.6. The number of unbranched alkanes of at least 4 members (excludes halogenated alkanes) is 2. The Hall–Kier alpha value is -2.12. The molecule has 1 aromatic rings. The lowest BCUT2D eigenvalue weighted by molar-refractivity contribution is -0.154.